The van der Waals surface area contributed by atoms with Gasteiger partial charge in [0.25, 0.3) is 0 Å². The van der Waals surface area contributed by atoms with Crippen LogP contribution in [0.25, 0.3) is 0 Å². The quantitative estimate of drug-likeness (QED) is 0.529. The molecule has 9 nitrogen and oxygen atoms in total. The molecule has 3 N–H and O–H groups in total. The second-order valence-electron chi connectivity index (χ2n) is 10.9. The van der Waals surface area contributed by atoms with Crippen LogP contribution in [0.1, 0.15) is 58.8 Å². The number of carbonyl (C=O) groups is 3. The second kappa shape index (κ2) is 11.4. The van der Waals surface area contributed by atoms with Crippen molar-refractivity contribution in [2.75, 3.05) is 45.9 Å². The number of ether oxygens (including phenoxy) is 1. The van der Waals surface area contributed by atoms with Gasteiger partial charge in [0.15, 0.2) is 0 Å². The number of hydrogen-bond donors (Lipinski definition) is 2. The normalized spacial score (nSPS) is 30.4. The molecule has 2 unspecified atom stereocenters. The lowest BCUT2D eigenvalue weighted by Crippen LogP contribution is -2.50. The lowest BCUT2D eigenvalue weighted by atomic mass is 9.91. The summed E-state index contributed by atoms with van der Waals surface area (Å²) in [5, 5.41) is 3.21. The summed E-state index contributed by atoms with van der Waals surface area (Å²) in [7, 11) is 0. The van der Waals surface area contributed by atoms with Crippen LogP contribution in [0.4, 0.5) is 0 Å². The lowest BCUT2D eigenvalue weighted by Gasteiger charge is -2.34. The number of hydrogen-bond acceptors (Lipinski definition) is 6. The Morgan fingerprint density at radius 1 is 1.06 bits per heavy atom. The Hall–Kier alpha value is -1.71. The lowest BCUT2D eigenvalue weighted by molar-refractivity contribution is -0.140. The molecule has 0 radical (unpaired) electrons. The predicted octanol–water partition coefficient (Wildman–Crippen LogP) is 0.569. The monoisotopic (exact) mass is 477 g/mol. The molecule has 34 heavy (non-hydrogen) atoms. The first-order valence-electron chi connectivity index (χ1n) is 13.3. The molecule has 4 fully saturated rings. The molecule has 0 spiro atoms. The fourth-order valence-corrected chi connectivity index (χ4v) is 5.54. The van der Waals surface area contributed by atoms with Crippen LogP contribution < -0.4 is 11.1 Å². The van der Waals surface area contributed by atoms with E-state index in [0.29, 0.717) is 19.5 Å². The zero-order valence-corrected chi connectivity index (χ0v) is 20.9. The molecule has 4 rings (SSSR count). The van der Waals surface area contributed by atoms with E-state index in [1.165, 1.54) is 0 Å². The van der Waals surface area contributed by atoms with Gasteiger partial charge in [-0.1, -0.05) is 13.8 Å². The molecule has 2 aliphatic carbocycles. The maximum Gasteiger partial charge on any atom is 0.243 e. The first-order valence-corrected chi connectivity index (χ1v) is 13.3. The smallest absolute Gasteiger partial charge is 0.243 e. The Morgan fingerprint density at radius 3 is 2.35 bits per heavy atom. The summed E-state index contributed by atoms with van der Waals surface area (Å²) >= 11 is 0. The highest BCUT2D eigenvalue weighted by molar-refractivity contribution is 5.90. The van der Waals surface area contributed by atoms with E-state index in [9.17, 15) is 14.4 Å². The molecule has 3 amide bonds. The minimum atomic E-state index is -0.500. The van der Waals surface area contributed by atoms with Gasteiger partial charge in [0, 0.05) is 56.6 Å². The van der Waals surface area contributed by atoms with Gasteiger partial charge in [-0.05, 0) is 44.9 Å². The number of nitrogens with zero attached hydrogens (tertiary/aromatic N) is 3. The first-order chi connectivity index (χ1) is 16.3. The van der Waals surface area contributed by atoms with Gasteiger partial charge in [-0.3, -0.25) is 19.3 Å². The molecular weight excluding hydrogens is 434 g/mol. The van der Waals surface area contributed by atoms with E-state index in [0.717, 1.165) is 71.4 Å². The van der Waals surface area contributed by atoms with E-state index in [-0.39, 0.29) is 47.7 Å². The van der Waals surface area contributed by atoms with Crippen molar-refractivity contribution in [2.24, 2.45) is 17.6 Å². The molecule has 2 saturated heterocycles. The summed E-state index contributed by atoms with van der Waals surface area (Å²) in [6.45, 7) is 8.88. The molecule has 2 heterocycles. The Bertz CT molecular complexity index is 729. The summed E-state index contributed by atoms with van der Waals surface area (Å²) in [6.07, 6.45) is 5.93. The third kappa shape index (κ3) is 6.29. The number of morpholine rings is 1. The van der Waals surface area contributed by atoms with Gasteiger partial charge < -0.3 is 25.6 Å². The third-order valence-electron chi connectivity index (χ3n) is 7.89. The Labute approximate surface area is 203 Å². The van der Waals surface area contributed by atoms with E-state index < -0.39 is 6.04 Å². The van der Waals surface area contributed by atoms with Gasteiger partial charge in [0.2, 0.25) is 17.7 Å². The average Bonchev–Trinajstić information content (AvgIpc) is 3.59. The molecule has 9 heteroatoms. The molecule has 0 aromatic rings. The van der Waals surface area contributed by atoms with Gasteiger partial charge >= 0.3 is 0 Å². The van der Waals surface area contributed by atoms with Crippen molar-refractivity contribution in [1.82, 2.24) is 20.0 Å². The minimum absolute atomic E-state index is 0.0457. The van der Waals surface area contributed by atoms with Gasteiger partial charge in [0.1, 0.15) is 6.04 Å². The van der Waals surface area contributed by atoms with Crippen molar-refractivity contribution in [3.63, 3.8) is 0 Å². The fourth-order valence-electron chi connectivity index (χ4n) is 5.54. The van der Waals surface area contributed by atoms with Crippen LogP contribution in [-0.2, 0) is 19.1 Å². The van der Waals surface area contributed by atoms with Crippen molar-refractivity contribution in [3.8, 4) is 0 Å². The number of rotatable bonds is 8. The topological polar surface area (TPSA) is 108 Å². The largest absolute Gasteiger partial charge is 0.379 e. The average molecular weight is 478 g/mol. The molecule has 2 saturated carbocycles. The van der Waals surface area contributed by atoms with Crippen LogP contribution in [0.2, 0.25) is 0 Å². The van der Waals surface area contributed by atoms with Crippen molar-refractivity contribution in [2.45, 2.75) is 83.0 Å². The van der Waals surface area contributed by atoms with Gasteiger partial charge in [-0.15, -0.1) is 0 Å². The maximum absolute atomic E-state index is 13.4. The highest BCUT2D eigenvalue weighted by Gasteiger charge is 2.47. The minimum Gasteiger partial charge on any atom is -0.379 e. The van der Waals surface area contributed by atoms with Crippen molar-refractivity contribution in [1.29, 1.82) is 0 Å². The molecule has 0 bridgehead atoms. The highest BCUT2D eigenvalue weighted by atomic mass is 16.5. The van der Waals surface area contributed by atoms with E-state index in [4.69, 9.17) is 10.5 Å². The molecule has 0 aromatic carbocycles. The Kier molecular flexibility index (Phi) is 8.47. The first kappa shape index (κ1) is 25.4. The molecule has 2 aliphatic heterocycles. The predicted molar refractivity (Wildman–Crippen MR) is 129 cm³/mol. The van der Waals surface area contributed by atoms with Crippen molar-refractivity contribution >= 4 is 17.7 Å². The molecule has 0 aromatic heterocycles. The second-order valence-corrected chi connectivity index (χ2v) is 10.9. The van der Waals surface area contributed by atoms with Crippen LogP contribution in [0.3, 0.4) is 0 Å². The summed E-state index contributed by atoms with van der Waals surface area (Å²) in [6, 6.07) is -0.285. The van der Waals surface area contributed by atoms with Crippen molar-refractivity contribution in [3.05, 3.63) is 0 Å². The van der Waals surface area contributed by atoms with E-state index in [1.807, 2.05) is 18.7 Å². The van der Waals surface area contributed by atoms with Crippen LogP contribution >= 0.6 is 0 Å². The van der Waals surface area contributed by atoms with Crippen molar-refractivity contribution < 1.29 is 19.1 Å². The molecule has 192 valence electrons. The number of carbonyl (C=O) groups excluding carboxylic acids is 3. The SMILES string of the molecule is CC(C)C(=O)N(CCN1CCOCC1)C1CC(C(=O)NC2CCC(N)CC2)N(C(=O)C2CC2)C1. The number of nitrogens with one attached hydrogen (secondary N) is 1. The number of likely N-dealkylation sites (tertiary alicyclic amines) is 1. The van der Waals surface area contributed by atoms with Gasteiger partial charge in [-0.2, -0.15) is 0 Å². The van der Waals surface area contributed by atoms with E-state index >= 15 is 0 Å². The van der Waals surface area contributed by atoms with Gasteiger partial charge in [0.05, 0.1) is 19.3 Å². The zero-order valence-electron chi connectivity index (χ0n) is 20.9. The summed E-state index contributed by atoms with van der Waals surface area (Å²) in [4.78, 5) is 45.8. The van der Waals surface area contributed by atoms with Crippen LogP contribution in [0.15, 0.2) is 0 Å². The van der Waals surface area contributed by atoms with E-state index in [2.05, 4.69) is 10.2 Å². The summed E-state index contributed by atoms with van der Waals surface area (Å²) in [5.74, 6) is 0.0286. The third-order valence-corrected chi connectivity index (χ3v) is 7.89. The standard InChI is InChI=1S/C25H43N5O4/c1-17(2)24(32)29(10-9-28-11-13-34-14-12-28)21-15-22(30(16-21)25(33)18-3-4-18)23(31)27-20-7-5-19(26)6-8-20/h17-22H,3-16,26H2,1-2H3,(H,27,31). The molecular formula is C25H43N5O4. The summed E-state index contributed by atoms with van der Waals surface area (Å²) in [5.41, 5.74) is 6.02. The van der Waals surface area contributed by atoms with Crippen LogP contribution in [0, 0.1) is 11.8 Å². The highest BCUT2D eigenvalue weighted by Crippen LogP contribution is 2.35. The fraction of sp³-hybridized carbons (Fsp3) is 0.880. The van der Waals surface area contributed by atoms with Gasteiger partial charge in [-0.25, -0.2) is 0 Å². The Morgan fingerprint density at radius 2 is 1.74 bits per heavy atom. The Balaban J connectivity index is 1.44. The molecule has 2 atom stereocenters. The van der Waals surface area contributed by atoms with Crippen LogP contribution in [0.5, 0.6) is 0 Å². The van der Waals surface area contributed by atoms with E-state index in [1.54, 1.807) is 4.90 Å². The maximum atomic E-state index is 13.4. The van der Waals surface area contributed by atoms with Crippen LogP contribution in [-0.4, -0.2) is 103 Å². The summed E-state index contributed by atoms with van der Waals surface area (Å²) < 4.78 is 5.45. The number of nitrogens with two attached hydrogens (primary N) is 1. The zero-order chi connectivity index (χ0) is 24.2. The number of amides is 3. The molecule has 4 aliphatic rings.